The predicted octanol–water partition coefficient (Wildman–Crippen LogP) is 2.02. The molecule has 0 saturated carbocycles. The zero-order valence-electron chi connectivity index (χ0n) is 14.7. The van der Waals surface area contributed by atoms with Crippen molar-refractivity contribution in [1.82, 2.24) is 9.80 Å². The maximum atomic E-state index is 13.2. The van der Waals surface area contributed by atoms with Crippen LogP contribution in [-0.4, -0.2) is 65.0 Å². The number of carboxylic acid groups (broad SMARTS) is 1. The largest absolute Gasteiger partial charge is 0.480 e. The molecule has 1 amide bonds. The monoisotopic (exact) mass is 351 g/mol. The first kappa shape index (κ1) is 19.3. The summed E-state index contributed by atoms with van der Waals surface area (Å²) in [5.41, 5.74) is 0.449. The third kappa shape index (κ3) is 5.51. The van der Waals surface area contributed by atoms with Crippen LogP contribution in [-0.2, 0) is 9.59 Å². The molecule has 25 heavy (non-hydrogen) atoms. The van der Waals surface area contributed by atoms with Crippen LogP contribution in [0.5, 0.6) is 0 Å². The van der Waals surface area contributed by atoms with Crippen molar-refractivity contribution in [3.8, 4) is 0 Å². The lowest BCUT2D eigenvalue weighted by Crippen LogP contribution is -2.51. The van der Waals surface area contributed by atoms with Gasteiger partial charge < -0.3 is 10.4 Å². The maximum absolute atomic E-state index is 13.2. The Bertz CT molecular complexity index is 603. The number of benzene rings is 1. The molecule has 1 unspecified atom stereocenters. The van der Waals surface area contributed by atoms with Crippen molar-refractivity contribution >= 4 is 17.6 Å². The van der Waals surface area contributed by atoms with Crippen LogP contribution in [0.4, 0.5) is 10.1 Å². The van der Waals surface area contributed by atoms with E-state index in [2.05, 4.69) is 10.2 Å². The number of aliphatic carboxylic acids is 1. The van der Waals surface area contributed by atoms with E-state index >= 15 is 0 Å². The topological polar surface area (TPSA) is 72.9 Å². The fourth-order valence-electron chi connectivity index (χ4n) is 3.29. The minimum Gasteiger partial charge on any atom is -0.480 e. The number of halogens is 1. The van der Waals surface area contributed by atoms with Gasteiger partial charge in [-0.2, -0.15) is 0 Å². The van der Waals surface area contributed by atoms with Crippen LogP contribution in [0.2, 0.25) is 0 Å². The fraction of sp³-hybridized carbons (Fsp3) is 0.556. The van der Waals surface area contributed by atoms with Crippen molar-refractivity contribution in [2.24, 2.45) is 0 Å². The molecule has 1 atom stereocenters. The Balaban J connectivity index is 1.86. The molecule has 1 aromatic carbocycles. The molecule has 0 aromatic heterocycles. The normalized spacial score (nSPS) is 17.4. The van der Waals surface area contributed by atoms with Gasteiger partial charge in [0.05, 0.1) is 12.6 Å². The highest BCUT2D eigenvalue weighted by Crippen LogP contribution is 2.19. The Labute approximate surface area is 147 Å². The SMILES string of the molecule is CCN(CC(=O)O)C1CCN(C(C)C(=O)Nc2cccc(F)c2)CC1. The summed E-state index contributed by atoms with van der Waals surface area (Å²) in [7, 11) is 0. The number of anilines is 1. The highest BCUT2D eigenvalue weighted by molar-refractivity contribution is 5.94. The number of amides is 1. The van der Waals surface area contributed by atoms with E-state index < -0.39 is 5.97 Å². The van der Waals surface area contributed by atoms with Gasteiger partial charge in [0.1, 0.15) is 5.82 Å². The highest BCUT2D eigenvalue weighted by Gasteiger charge is 2.29. The maximum Gasteiger partial charge on any atom is 0.317 e. The molecule has 1 fully saturated rings. The summed E-state index contributed by atoms with van der Waals surface area (Å²) >= 11 is 0. The Kier molecular flexibility index (Phi) is 6.90. The minimum atomic E-state index is -0.813. The Morgan fingerprint density at radius 3 is 2.64 bits per heavy atom. The summed E-state index contributed by atoms with van der Waals surface area (Å²) in [6, 6.07) is 5.76. The number of likely N-dealkylation sites (tertiary alicyclic amines) is 1. The molecule has 138 valence electrons. The van der Waals surface area contributed by atoms with Crippen molar-refractivity contribution in [1.29, 1.82) is 0 Å². The standard InChI is InChI=1S/C18H26FN3O3/c1-3-21(12-17(23)24)16-7-9-22(10-8-16)13(2)18(25)20-15-6-4-5-14(19)11-15/h4-6,11,13,16H,3,7-10,12H2,1-2H3,(H,20,25)(H,23,24). The lowest BCUT2D eigenvalue weighted by atomic mass is 10.0. The second kappa shape index (κ2) is 8.92. The van der Waals surface area contributed by atoms with Gasteiger partial charge in [-0.1, -0.05) is 13.0 Å². The Morgan fingerprint density at radius 1 is 1.40 bits per heavy atom. The van der Waals surface area contributed by atoms with E-state index in [1.807, 2.05) is 18.7 Å². The van der Waals surface area contributed by atoms with Crippen molar-refractivity contribution < 1.29 is 19.1 Å². The van der Waals surface area contributed by atoms with Crippen LogP contribution < -0.4 is 5.32 Å². The van der Waals surface area contributed by atoms with E-state index in [9.17, 15) is 14.0 Å². The summed E-state index contributed by atoms with van der Waals surface area (Å²) < 4.78 is 13.2. The number of rotatable bonds is 7. The number of nitrogens with zero attached hydrogens (tertiary/aromatic N) is 2. The highest BCUT2D eigenvalue weighted by atomic mass is 19.1. The van der Waals surface area contributed by atoms with Gasteiger partial charge >= 0.3 is 5.97 Å². The summed E-state index contributed by atoms with van der Waals surface area (Å²) in [6.45, 7) is 6.02. The van der Waals surface area contributed by atoms with E-state index in [4.69, 9.17) is 5.11 Å². The smallest absolute Gasteiger partial charge is 0.317 e. The van der Waals surface area contributed by atoms with E-state index in [1.165, 1.54) is 12.1 Å². The number of carbonyl (C=O) groups is 2. The molecule has 0 spiro atoms. The molecule has 6 nitrogen and oxygen atoms in total. The number of nitrogens with one attached hydrogen (secondary N) is 1. The van der Waals surface area contributed by atoms with Gasteiger partial charge in [-0.15, -0.1) is 0 Å². The predicted molar refractivity (Wildman–Crippen MR) is 94.0 cm³/mol. The van der Waals surface area contributed by atoms with Crippen LogP contribution in [0.3, 0.4) is 0 Å². The average molecular weight is 351 g/mol. The molecule has 7 heteroatoms. The second-order valence-corrected chi connectivity index (χ2v) is 6.40. The lowest BCUT2D eigenvalue weighted by molar-refractivity contribution is -0.139. The quantitative estimate of drug-likeness (QED) is 0.786. The van der Waals surface area contributed by atoms with Crippen LogP contribution in [0, 0.1) is 5.82 Å². The Hall–Kier alpha value is -1.99. The van der Waals surface area contributed by atoms with E-state index in [1.54, 1.807) is 12.1 Å². The first-order valence-electron chi connectivity index (χ1n) is 8.67. The van der Waals surface area contributed by atoms with Crippen LogP contribution >= 0.6 is 0 Å². The second-order valence-electron chi connectivity index (χ2n) is 6.40. The molecule has 0 bridgehead atoms. The molecule has 0 radical (unpaired) electrons. The lowest BCUT2D eigenvalue weighted by Gasteiger charge is -2.39. The van der Waals surface area contributed by atoms with Crippen LogP contribution in [0.15, 0.2) is 24.3 Å². The minimum absolute atomic E-state index is 0.0524. The van der Waals surface area contributed by atoms with Gasteiger partial charge in [-0.25, -0.2) is 4.39 Å². The van der Waals surface area contributed by atoms with Crippen LogP contribution in [0.1, 0.15) is 26.7 Å². The number of carboxylic acids is 1. The van der Waals surface area contributed by atoms with Crippen molar-refractivity contribution in [2.45, 2.75) is 38.8 Å². The molecule has 1 aromatic rings. The number of likely N-dealkylation sites (N-methyl/N-ethyl adjacent to an activating group) is 1. The number of hydrogen-bond donors (Lipinski definition) is 2. The summed E-state index contributed by atoms with van der Waals surface area (Å²) in [4.78, 5) is 27.4. The molecular weight excluding hydrogens is 325 g/mol. The zero-order chi connectivity index (χ0) is 18.4. The number of piperidine rings is 1. The van der Waals surface area contributed by atoms with E-state index in [-0.39, 0.29) is 30.4 Å². The fourth-order valence-corrected chi connectivity index (χ4v) is 3.29. The number of carbonyl (C=O) groups excluding carboxylic acids is 1. The third-order valence-corrected chi connectivity index (χ3v) is 4.78. The van der Waals surface area contributed by atoms with Gasteiger partial charge in [0.25, 0.3) is 0 Å². The summed E-state index contributed by atoms with van der Waals surface area (Å²) in [5, 5.41) is 11.7. The average Bonchev–Trinajstić information content (AvgIpc) is 2.59. The summed E-state index contributed by atoms with van der Waals surface area (Å²) in [5.74, 6) is -1.36. The molecule has 1 aliphatic heterocycles. The molecule has 1 aliphatic rings. The van der Waals surface area contributed by atoms with Gasteiger partial charge in [-0.3, -0.25) is 19.4 Å². The van der Waals surface area contributed by atoms with Gasteiger partial charge in [-0.05, 0) is 44.5 Å². The van der Waals surface area contributed by atoms with Gasteiger partial charge in [0, 0.05) is 24.8 Å². The van der Waals surface area contributed by atoms with Crippen molar-refractivity contribution in [2.75, 3.05) is 31.5 Å². The number of hydrogen-bond acceptors (Lipinski definition) is 4. The first-order chi connectivity index (χ1) is 11.9. The van der Waals surface area contributed by atoms with Crippen molar-refractivity contribution in [3.05, 3.63) is 30.1 Å². The summed E-state index contributed by atoms with van der Waals surface area (Å²) in [6.07, 6.45) is 1.66. The van der Waals surface area contributed by atoms with E-state index in [0.717, 1.165) is 25.9 Å². The molecule has 2 rings (SSSR count). The third-order valence-electron chi connectivity index (χ3n) is 4.78. The van der Waals surface area contributed by atoms with Gasteiger partial charge in [0.2, 0.25) is 5.91 Å². The molecule has 2 N–H and O–H groups in total. The molecule has 1 heterocycles. The first-order valence-corrected chi connectivity index (χ1v) is 8.67. The van der Waals surface area contributed by atoms with Crippen LogP contribution in [0.25, 0.3) is 0 Å². The zero-order valence-corrected chi connectivity index (χ0v) is 14.7. The van der Waals surface area contributed by atoms with Gasteiger partial charge in [0.15, 0.2) is 0 Å². The molecule has 0 aliphatic carbocycles. The van der Waals surface area contributed by atoms with Crippen molar-refractivity contribution in [3.63, 3.8) is 0 Å². The molecular formula is C18H26FN3O3. The Morgan fingerprint density at radius 2 is 2.08 bits per heavy atom. The molecule has 1 saturated heterocycles. The van der Waals surface area contributed by atoms with E-state index in [0.29, 0.717) is 12.2 Å².